The zero-order valence-electron chi connectivity index (χ0n) is 9.51. The van der Waals surface area contributed by atoms with Gasteiger partial charge in [0.15, 0.2) is 0 Å². The Morgan fingerprint density at radius 3 is 2.12 bits per heavy atom. The van der Waals surface area contributed by atoms with Gasteiger partial charge in [-0.25, -0.2) is 0 Å². The van der Waals surface area contributed by atoms with Gasteiger partial charge in [-0.1, -0.05) is 37.6 Å². The number of benzene rings is 2. The second kappa shape index (κ2) is 8.10. The maximum absolute atomic E-state index is 5.83. The zero-order chi connectivity index (χ0) is 11.1. The van der Waals surface area contributed by atoms with Crippen molar-refractivity contribution < 1.29 is 20.4 Å². The van der Waals surface area contributed by atoms with Crippen LogP contribution < -0.4 is 5.73 Å². The van der Waals surface area contributed by atoms with Crippen LogP contribution in [-0.2, 0) is 20.4 Å². The molecular formula is C14H16NPd-. The van der Waals surface area contributed by atoms with Gasteiger partial charge >= 0.3 is 0 Å². The van der Waals surface area contributed by atoms with E-state index in [2.05, 4.69) is 6.07 Å². The van der Waals surface area contributed by atoms with E-state index in [0.717, 1.165) is 16.8 Å². The van der Waals surface area contributed by atoms with Crippen molar-refractivity contribution in [3.8, 4) is 11.1 Å². The molecule has 0 saturated heterocycles. The van der Waals surface area contributed by atoms with Crippen molar-refractivity contribution in [1.82, 2.24) is 0 Å². The fraction of sp³-hybridized carbons (Fsp3) is 0.143. The molecule has 2 heteroatoms. The van der Waals surface area contributed by atoms with Crippen molar-refractivity contribution >= 4 is 5.69 Å². The number of anilines is 1. The van der Waals surface area contributed by atoms with Crippen molar-refractivity contribution in [2.45, 2.75) is 13.8 Å². The molecule has 0 heterocycles. The minimum Gasteiger partial charge on any atom is -0.406 e. The van der Waals surface area contributed by atoms with Crippen LogP contribution >= 0.6 is 0 Å². The first-order valence-corrected chi connectivity index (χ1v) is 5.19. The van der Waals surface area contributed by atoms with Gasteiger partial charge in [-0.15, -0.1) is 35.9 Å². The van der Waals surface area contributed by atoms with E-state index >= 15 is 0 Å². The molecule has 2 rings (SSSR count). The Balaban J connectivity index is 0.000000711. The van der Waals surface area contributed by atoms with Crippen molar-refractivity contribution in [3.05, 3.63) is 54.6 Å². The fourth-order valence-electron chi connectivity index (χ4n) is 1.30. The molecule has 16 heavy (non-hydrogen) atoms. The van der Waals surface area contributed by atoms with Gasteiger partial charge in [0.1, 0.15) is 0 Å². The Bertz CT molecular complexity index is 398. The van der Waals surface area contributed by atoms with Crippen molar-refractivity contribution in [2.24, 2.45) is 0 Å². The molecule has 0 fully saturated rings. The number of nitrogen functional groups attached to an aromatic ring is 1. The SMILES string of the molecule is CC.Nc1ccccc1-c1[c-]cccc1.[Pd]. The number of rotatable bonds is 1. The van der Waals surface area contributed by atoms with Crippen LogP contribution in [0.1, 0.15) is 13.8 Å². The van der Waals surface area contributed by atoms with E-state index in [1.807, 2.05) is 62.4 Å². The Labute approximate surface area is 111 Å². The molecule has 1 nitrogen and oxygen atoms in total. The van der Waals surface area contributed by atoms with E-state index in [1.54, 1.807) is 0 Å². The van der Waals surface area contributed by atoms with E-state index in [1.165, 1.54) is 0 Å². The number of hydrogen-bond acceptors (Lipinski definition) is 1. The molecule has 2 N–H and O–H groups in total. The molecule has 0 aliphatic carbocycles. The molecule has 88 valence electrons. The summed E-state index contributed by atoms with van der Waals surface area (Å²) in [6.45, 7) is 4.00. The van der Waals surface area contributed by atoms with Crippen molar-refractivity contribution in [1.29, 1.82) is 0 Å². The van der Waals surface area contributed by atoms with Crippen LogP contribution in [0.2, 0.25) is 0 Å². The molecule has 0 aliphatic heterocycles. The van der Waals surface area contributed by atoms with Gasteiger partial charge in [0.2, 0.25) is 0 Å². The molecule has 0 spiro atoms. The smallest absolute Gasteiger partial charge is 0 e. The summed E-state index contributed by atoms with van der Waals surface area (Å²) in [7, 11) is 0. The molecule has 0 radical (unpaired) electrons. The maximum Gasteiger partial charge on any atom is 0 e. The first-order valence-electron chi connectivity index (χ1n) is 5.19. The van der Waals surface area contributed by atoms with Gasteiger partial charge in [-0.3, -0.25) is 0 Å². The van der Waals surface area contributed by atoms with E-state index in [9.17, 15) is 0 Å². The summed E-state index contributed by atoms with van der Waals surface area (Å²) in [6.07, 6.45) is 0. The Morgan fingerprint density at radius 1 is 0.938 bits per heavy atom. The minimum absolute atomic E-state index is 0. The quantitative estimate of drug-likeness (QED) is 0.484. The Hall–Kier alpha value is -1.10. The first-order chi connectivity index (χ1) is 7.38. The van der Waals surface area contributed by atoms with Gasteiger partial charge in [0.25, 0.3) is 0 Å². The molecule has 0 unspecified atom stereocenters. The van der Waals surface area contributed by atoms with Crippen LogP contribution in [0.4, 0.5) is 5.69 Å². The summed E-state index contributed by atoms with van der Waals surface area (Å²) < 4.78 is 0. The standard InChI is InChI=1S/C12H10N.C2H6.Pd/c13-12-9-5-4-8-11(12)10-6-2-1-3-7-10;1-2;/h1-6,8-9H,13H2;1-2H3;/q-1;;. The van der Waals surface area contributed by atoms with Crippen LogP contribution in [0.15, 0.2) is 48.5 Å². The molecule has 0 atom stereocenters. The van der Waals surface area contributed by atoms with Gasteiger partial charge in [-0.2, -0.15) is 0 Å². The monoisotopic (exact) mass is 304 g/mol. The second-order valence-corrected chi connectivity index (χ2v) is 2.86. The summed E-state index contributed by atoms with van der Waals surface area (Å²) in [6, 6.07) is 18.8. The Kier molecular flexibility index (Phi) is 7.55. The third kappa shape index (κ3) is 3.81. The van der Waals surface area contributed by atoms with Gasteiger partial charge in [0, 0.05) is 20.4 Å². The molecular weight excluding hydrogens is 289 g/mol. The third-order valence-electron chi connectivity index (χ3n) is 1.96. The maximum atomic E-state index is 5.83. The number of hydrogen-bond donors (Lipinski definition) is 1. The van der Waals surface area contributed by atoms with Crippen LogP contribution in [-0.4, -0.2) is 0 Å². The average Bonchev–Trinajstić information content (AvgIpc) is 2.33. The summed E-state index contributed by atoms with van der Waals surface area (Å²) in [4.78, 5) is 0. The van der Waals surface area contributed by atoms with Crippen LogP contribution in [0.5, 0.6) is 0 Å². The predicted molar refractivity (Wildman–Crippen MR) is 66.5 cm³/mol. The van der Waals surface area contributed by atoms with Gasteiger partial charge < -0.3 is 5.73 Å². The summed E-state index contributed by atoms with van der Waals surface area (Å²) in [5.41, 5.74) is 8.72. The third-order valence-corrected chi connectivity index (χ3v) is 1.96. The Morgan fingerprint density at radius 2 is 1.56 bits per heavy atom. The van der Waals surface area contributed by atoms with E-state index in [4.69, 9.17) is 5.73 Å². The van der Waals surface area contributed by atoms with Crippen LogP contribution in [0.25, 0.3) is 11.1 Å². The summed E-state index contributed by atoms with van der Waals surface area (Å²) in [5.74, 6) is 0. The fourth-order valence-corrected chi connectivity index (χ4v) is 1.30. The molecule has 0 bridgehead atoms. The van der Waals surface area contributed by atoms with Gasteiger partial charge in [0.05, 0.1) is 0 Å². The van der Waals surface area contributed by atoms with E-state index < -0.39 is 0 Å². The largest absolute Gasteiger partial charge is 0.406 e. The van der Waals surface area contributed by atoms with Gasteiger partial charge in [-0.05, 0) is 11.8 Å². The zero-order valence-corrected chi connectivity index (χ0v) is 11.1. The molecule has 0 amide bonds. The molecule has 0 saturated carbocycles. The molecule has 2 aromatic carbocycles. The topological polar surface area (TPSA) is 26.0 Å². The average molecular weight is 305 g/mol. The molecule has 2 aromatic rings. The normalized spacial score (nSPS) is 8.38. The molecule has 0 aliphatic rings. The summed E-state index contributed by atoms with van der Waals surface area (Å²) >= 11 is 0. The van der Waals surface area contributed by atoms with E-state index in [0.29, 0.717) is 0 Å². The molecule has 0 aromatic heterocycles. The number of para-hydroxylation sites is 1. The van der Waals surface area contributed by atoms with Crippen LogP contribution in [0, 0.1) is 6.07 Å². The second-order valence-electron chi connectivity index (χ2n) is 2.86. The minimum atomic E-state index is 0. The number of nitrogens with two attached hydrogens (primary N) is 1. The first kappa shape index (κ1) is 14.9. The van der Waals surface area contributed by atoms with Crippen molar-refractivity contribution in [3.63, 3.8) is 0 Å². The predicted octanol–water partition coefficient (Wildman–Crippen LogP) is 3.76. The summed E-state index contributed by atoms with van der Waals surface area (Å²) in [5, 5.41) is 0. The van der Waals surface area contributed by atoms with Crippen LogP contribution in [0.3, 0.4) is 0 Å². The van der Waals surface area contributed by atoms with Crippen molar-refractivity contribution in [2.75, 3.05) is 5.73 Å². The van der Waals surface area contributed by atoms with E-state index in [-0.39, 0.29) is 20.4 Å².